The van der Waals surface area contributed by atoms with Crippen LogP contribution >= 0.6 is 0 Å². The van der Waals surface area contributed by atoms with Crippen LogP contribution in [0.25, 0.3) is 28.0 Å². The molecule has 0 aliphatic rings. The van der Waals surface area contributed by atoms with Gasteiger partial charge in [-0.3, -0.25) is 4.79 Å². The Kier molecular flexibility index (Phi) is 4.28. The molecule has 0 saturated carbocycles. The molecule has 1 amide bonds. The lowest BCUT2D eigenvalue weighted by molar-refractivity contribution is 0.0977. The van der Waals surface area contributed by atoms with Crippen LogP contribution in [-0.2, 0) is 0 Å². The van der Waals surface area contributed by atoms with E-state index in [0.29, 0.717) is 22.7 Å². The quantitative estimate of drug-likeness (QED) is 0.485. The molecule has 2 aromatic heterocycles. The van der Waals surface area contributed by atoms with Gasteiger partial charge in [0.15, 0.2) is 0 Å². The van der Waals surface area contributed by atoms with Gasteiger partial charge in [-0.1, -0.05) is 36.9 Å². The zero-order chi connectivity index (χ0) is 19.8. The van der Waals surface area contributed by atoms with E-state index in [0.717, 1.165) is 27.8 Å². The second-order valence-corrected chi connectivity index (χ2v) is 6.75. The first-order valence-corrected chi connectivity index (χ1v) is 8.89. The third-order valence-electron chi connectivity index (χ3n) is 4.66. The van der Waals surface area contributed by atoms with Crippen molar-refractivity contribution in [2.45, 2.75) is 13.8 Å². The van der Waals surface area contributed by atoms with Crippen molar-refractivity contribution in [3.8, 4) is 11.3 Å². The highest BCUT2D eigenvalue weighted by atomic mass is 16.4. The maximum atomic E-state index is 11.9. The Morgan fingerprint density at radius 3 is 2.57 bits per heavy atom. The molecule has 140 valence electrons. The van der Waals surface area contributed by atoms with Crippen molar-refractivity contribution in [1.82, 2.24) is 0 Å². The summed E-state index contributed by atoms with van der Waals surface area (Å²) in [6, 6.07) is 17.4. The number of aryl methyl sites for hydroxylation is 2. The standard InChI is InChI=1S/C23H20N2O3/c1-13-8-9-17-20(12-13)28-22(23(24)26)21(17)25-15(3)18-10-11-19(27-18)16-7-5-4-6-14(16)2/h4-12,25H,3H2,1-2H3,(H2,24,26). The summed E-state index contributed by atoms with van der Waals surface area (Å²) in [6.07, 6.45) is 0. The average Bonchev–Trinajstić information content (AvgIpc) is 3.27. The summed E-state index contributed by atoms with van der Waals surface area (Å²) < 4.78 is 11.6. The van der Waals surface area contributed by atoms with Gasteiger partial charge in [-0.15, -0.1) is 0 Å². The van der Waals surface area contributed by atoms with Crippen LogP contribution in [-0.4, -0.2) is 5.91 Å². The topological polar surface area (TPSA) is 81.4 Å². The fourth-order valence-electron chi connectivity index (χ4n) is 3.21. The Hall–Kier alpha value is -3.73. The number of carbonyl (C=O) groups excluding carboxylic acids is 1. The van der Waals surface area contributed by atoms with Gasteiger partial charge in [0.2, 0.25) is 5.76 Å². The first kappa shape index (κ1) is 17.7. The van der Waals surface area contributed by atoms with Crippen molar-refractivity contribution in [2.75, 3.05) is 5.32 Å². The number of furan rings is 2. The number of carbonyl (C=O) groups is 1. The molecule has 0 spiro atoms. The van der Waals surface area contributed by atoms with Crippen molar-refractivity contribution in [3.05, 3.63) is 83.8 Å². The minimum absolute atomic E-state index is 0.0624. The summed E-state index contributed by atoms with van der Waals surface area (Å²) >= 11 is 0. The van der Waals surface area contributed by atoms with Crippen molar-refractivity contribution in [3.63, 3.8) is 0 Å². The van der Waals surface area contributed by atoms with Crippen molar-refractivity contribution >= 4 is 28.3 Å². The van der Waals surface area contributed by atoms with Gasteiger partial charge in [0.25, 0.3) is 5.91 Å². The highest BCUT2D eigenvalue weighted by Crippen LogP contribution is 2.34. The Bertz CT molecular complexity index is 1210. The van der Waals surface area contributed by atoms with E-state index in [4.69, 9.17) is 14.6 Å². The first-order chi connectivity index (χ1) is 13.4. The van der Waals surface area contributed by atoms with E-state index in [1.807, 2.05) is 68.4 Å². The zero-order valence-corrected chi connectivity index (χ0v) is 15.7. The van der Waals surface area contributed by atoms with Crippen LogP contribution < -0.4 is 11.1 Å². The van der Waals surface area contributed by atoms with Gasteiger partial charge in [0.1, 0.15) is 17.1 Å². The molecule has 0 saturated heterocycles. The molecule has 5 heteroatoms. The van der Waals surface area contributed by atoms with Gasteiger partial charge in [0, 0.05) is 10.9 Å². The number of hydrogen-bond donors (Lipinski definition) is 2. The van der Waals surface area contributed by atoms with E-state index in [1.54, 1.807) is 0 Å². The summed E-state index contributed by atoms with van der Waals surface area (Å²) in [7, 11) is 0. The molecular weight excluding hydrogens is 352 g/mol. The molecule has 2 heterocycles. The Balaban J connectivity index is 1.69. The van der Waals surface area contributed by atoms with Gasteiger partial charge in [-0.05, 0) is 49.2 Å². The Labute approximate surface area is 162 Å². The molecule has 0 fully saturated rings. The van der Waals surface area contributed by atoms with Crippen LogP contribution in [0.5, 0.6) is 0 Å². The third kappa shape index (κ3) is 3.07. The highest BCUT2D eigenvalue weighted by Gasteiger charge is 2.20. The van der Waals surface area contributed by atoms with E-state index >= 15 is 0 Å². The molecule has 4 aromatic rings. The van der Waals surface area contributed by atoms with Crippen LogP contribution in [0.4, 0.5) is 5.69 Å². The number of fused-ring (bicyclic) bond motifs is 1. The number of amides is 1. The molecule has 28 heavy (non-hydrogen) atoms. The molecule has 3 N–H and O–H groups in total. The number of hydrogen-bond acceptors (Lipinski definition) is 4. The lowest BCUT2D eigenvalue weighted by Gasteiger charge is -2.07. The van der Waals surface area contributed by atoms with E-state index in [-0.39, 0.29) is 5.76 Å². The van der Waals surface area contributed by atoms with Crippen LogP contribution in [0.2, 0.25) is 0 Å². The number of rotatable bonds is 5. The minimum Gasteiger partial charge on any atom is -0.455 e. The van der Waals surface area contributed by atoms with Gasteiger partial charge in [-0.25, -0.2) is 0 Å². The molecular formula is C23H20N2O3. The Morgan fingerprint density at radius 2 is 1.82 bits per heavy atom. The minimum atomic E-state index is -0.649. The number of nitrogens with one attached hydrogen (secondary N) is 1. The van der Waals surface area contributed by atoms with E-state index in [1.165, 1.54) is 0 Å². The number of nitrogens with two attached hydrogens (primary N) is 1. The SMILES string of the molecule is C=C(Nc1c(C(N)=O)oc2cc(C)ccc12)c1ccc(-c2ccccc2C)o1. The molecule has 0 unspecified atom stereocenters. The summed E-state index contributed by atoms with van der Waals surface area (Å²) in [5, 5.41) is 3.90. The van der Waals surface area contributed by atoms with Crippen LogP contribution in [0.3, 0.4) is 0 Å². The van der Waals surface area contributed by atoms with Crippen molar-refractivity contribution in [2.24, 2.45) is 5.73 Å². The summed E-state index contributed by atoms with van der Waals surface area (Å²) in [5.41, 5.74) is 10.2. The number of anilines is 1. The molecule has 0 aliphatic carbocycles. The number of benzene rings is 2. The summed E-state index contributed by atoms with van der Waals surface area (Å²) in [5.74, 6) is 0.727. The average molecular weight is 372 g/mol. The molecule has 5 nitrogen and oxygen atoms in total. The van der Waals surface area contributed by atoms with Crippen LogP contribution in [0.1, 0.15) is 27.4 Å². The normalized spacial score (nSPS) is 10.9. The van der Waals surface area contributed by atoms with E-state index in [2.05, 4.69) is 11.9 Å². The van der Waals surface area contributed by atoms with E-state index in [9.17, 15) is 4.79 Å². The Morgan fingerprint density at radius 1 is 1.04 bits per heavy atom. The fourth-order valence-corrected chi connectivity index (χ4v) is 3.21. The molecule has 0 radical (unpaired) electrons. The van der Waals surface area contributed by atoms with Gasteiger partial charge in [0.05, 0.1) is 11.4 Å². The van der Waals surface area contributed by atoms with Crippen molar-refractivity contribution in [1.29, 1.82) is 0 Å². The summed E-state index contributed by atoms with van der Waals surface area (Å²) in [4.78, 5) is 11.9. The van der Waals surface area contributed by atoms with Crippen LogP contribution in [0, 0.1) is 13.8 Å². The zero-order valence-electron chi connectivity index (χ0n) is 15.7. The molecule has 4 rings (SSSR count). The lowest BCUT2D eigenvalue weighted by atomic mass is 10.1. The maximum absolute atomic E-state index is 11.9. The van der Waals surface area contributed by atoms with Crippen LogP contribution in [0.15, 0.2) is 70.0 Å². The maximum Gasteiger partial charge on any atom is 0.286 e. The smallest absolute Gasteiger partial charge is 0.286 e. The fraction of sp³-hybridized carbons (Fsp3) is 0.0870. The second-order valence-electron chi connectivity index (χ2n) is 6.75. The molecule has 0 bridgehead atoms. The van der Waals surface area contributed by atoms with E-state index < -0.39 is 5.91 Å². The summed E-state index contributed by atoms with van der Waals surface area (Å²) in [6.45, 7) is 8.04. The molecule has 0 aliphatic heterocycles. The first-order valence-electron chi connectivity index (χ1n) is 8.89. The highest BCUT2D eigenvalue weighted by molar-refractivity contribution is 6.07. The molecule has 2 aromatic carbocycles. The van der Waals surface area contributed by atoms with Gasteiger partial charge in [-0.2, -0.15) is 0 Å². The second kappa shape index (κ2) is 6.78. The third-order valence-corrected chi connectivity index (χ3v) is 4.66. The predicted octanol–water partition coefficient (Wildman–Crippen LogP) is 5.49. The number of primary amides is 1. The predicted molar refractivity (Wildman–Crippen MR) is 111 cm³/mol. The van der Waals surface area contributed by atoms with Gasteiger partial charge < -0.3 is 19.9 Å². The largest absolute Gasteiger partial charge is 0.455 e. The van der Waals surface area contributed by atoms with Gasteiger partial charge >= 0.3 is 0 Å². The lowest BCUT2D eigenvalue weighted by Crippen LogP contribution is -2.12. The van der Waals surface area contributed by atoms with Crippen molar-refractivity contribution < 1.29 is 13.6 Å². The monoisotopic (exact) mass is 372 g/mol. The molecule has 0 atom stereocenters.